The predicted molar refractivity (Wildman–Crippen MR) is 54.5 cm³/mol. The molecule has 1 heteroatoms. The first kappa shape index (κ1) is 8.61. The summed E-state index contributed by atoms with van der Waals surface area (Å²) in [7, 11) is 1.76. The van der Waals surface area contributed by atoms with Crippen LogP contribution in [0.15, 0.2) is 6.07 Å². The monoisotopic (exact) mass is 176 g/mol. The van der Waals surface area contributed by atoms with E-state index >= 15 is 0 Å². The van der Waals surface area contributed by atoms with Crippen LogP contribution in [0.4, 0.5) is 0 Å². The van der Waals surface area contributed by atoms with Gasteiger partial charge in [0, 0.05) is 0 Å². The van der Waals surface area contributed by atoms with Gasteiger partial charge in [0.25, 0.3) is 0 Å². The molecular formula is C12H16O. The van der Waals surface area contributed by atoms with Crippen molar-refractivity contribution in [3.63, 3.8) is 0 Å². The minimum Gasteiger partial charge on any atom is -0.496 e. The van der Waals surface area contributed by atoms with E-state index in [4.69, 9.17) is 4.74 Å². The van der Waals surface area contributed by atoms with Crippen molar-refractivity contribution in [2.75, 3.05) is 7.11 Å². The van der Waals surface area contributed by atoms with E-state index in [9.17, 15) is 0 Å². The summed E-state index contributed by atoms with van der Waals surface area (Å²) in [6, 6.07) is 2.29. The molecule has 70 valence electrons. The highest BCUT2D eigenvalue weighted by Gasteiger charge is 2.17. The molecule has 13 heavy (non-hydrogen) atoms. The zero-order valence-corrected chi connectivity index (χ0v) is 8.61. The molecule has 2 rings (SSSR count). The van der Waals surface area contributed by atoms with Crippen molar-refractivity contribution < 1.29 is 4.74 Å². The highest BCUT2D eigenvalue weighted by atomic mass is 16.5. The molecule has 1 aliphatic carbocycles. The number of hydrogen-bond donors (Lipinski definition) is 0. The first-order valence-corrected chi connectivity index (χ1v) is 4.90. The minimum absolute atomic E-state index is 1.08. The Labute approximate surface area is 79.7 Å². The Kier molecular flexibility index (Phi) is 2.03. The number of rotatable bonds is 1. The zero-order valence-electron chi connectivity index (χ0n) is 8.61. The van der Waals surface area contributed by atoms with E-state index in [2.05, 4.69) is 19.9 Å². The SMILES string of the molecule is COc1c(C)cc2c(c1C)CCC2. The smallest absolute Gasteiger partial charge is 0.124 e. The van der Waals surface area contributed by atoms with Crippen LogP contribution in [0, 0.1) is 13.8 Å². The van der Waals surface area contributed by atoms with Crippen LogP contribution in [0.5, 0.6) is 5.75 Å². The van der Waals surface area contributed by atoms with Crippen LogP contribution in [0.3, 0.4) is 0 Å². The van der Waals surface area contributed by atoms with E-state index in [1.54, 1.807) is 7.11 Å². The molecular weight excluding hydrogens is 160 g/mol. The van der Waals surface area contributed by atoms with Crippen LogP contribution < -0.4 is 4.74 Å². The molecule has 0 fully saturated rings. The third-order valence-corrected chi connectivity index (χ3v) is 3.01. The highest BCUT2D eigenvalue weighted by molar-refractivity contribution is 5.51. The highest BCUT2D eigenvalue weighted by Crippen LogP contribution is 2.33. The number of aryl methyl sites for hydroxylation is 2. The lowest BCUT2D eigenvalue weighted by molar-refractivity contribution is 0.408. The van der Waals surface area contributed by atoms with Crippen molar-refractivity contribution in [1.29, 1.82) is 0 Å². The van der Waals surface area contributed by atoms with Gasteiger partial charge in [-0.2, -0.15) is 0 Å². The normalized spacial score (nSPS) is 14.4. The van der Waals surface area contributed by atoms with Crippen molar-refractivity contribution >= 4 is 0 Å². The number of ether oxygens (including phenoxy) is 1. The average Bonchev–Trinajstić information content (AvgIpc) is 2.53. The molecule has 1 aromatic carbocycles. The fourth-order valence-corrected chi connectivity index (χ4v) is 2.43. The van der Waals surface area contributed by atoms with Crippen LogP contribution in [0.1, 0.15) is 28.7 Å². The summed E-state index contributed by atoms with van der Waals surface area (Å²) >= 11 is 0. The maximum absolute atomic E-state index is 5.40. The number of hydrogen-bond acceptors (Lipinski definition) is 1. The number of fused-ring (bicyclic) bond motifs is 1. The van der Waals surface area contributed by atoms with Crippen LogP contribution >= 0.6 is 0 Å². The molecule has 0 atom stereocenters. The van der Waals surface area contributed by atoms with Gasteiger partial charge < -0.3 is 4.74 Å². The molecule has 0 bridgehead atoms. The maximum atomic E-state index is 5.40. The summed E-state index contributed by atoms with van der Waals surface area (Å²) in [5.41, 5.74) is 5.70. The first-order chi connectivity index (χ1) is 6.24. The third kappa shape index (κ3) is 1.23. The first-order valence-electron chi connectivity index (χ1n) is 4.90. The molecule has 0 saturated heterocycles. The van der Waals surface area contributed by atoms with Crippen molar-refractivity contribution in [2.24, 2.45) is 0 Å². The number of methoxy groups -OCH3 is 1. The Morgan fingerprint density at radius 2 is 2.00 bits per heavy atom. The lowest BCUT2D eigenvalue weighted by Crippen LogP contribution is -1.96. The van der Waals surface area contributed by atoms with Crippen molar-refractivity contribution in [1.82, 2.24) is 0 Å². The largest absolute Gasteiger partial charge is 0.496 e. The Balaban J connectivity index is 2.62. The van der Waals surface area contributed by atoms with Gasteiger partial charge in [0.1, 0.15) is 5.75 Å². The second-order valence-corrected chi connectivity index (χ2v) is 3.84. The molecule has 0 unspecified atom stereocenters. The van der Waals surface area contributed by atoms with Gasteiger partial charge in [-0.25, -0.2) is 0 Å². The fraction of sp³-hybridized carbons (Fsp3) is 0.500. The maximum Gasteiger partial charge on any atom is 0.124 e. The Morgan fingerprint density at radius 3 is 2.69 bits per heavy atom. The van der Waals surface area contributed by atoms with Gasteiger partial charge in [0.05, 0.1) is 7.11 Å². The molecule has 1 aliphatic rings. The van der Waals surface area contributed by atoms with E-state index in [0.717, 1.165) is 5.75 Å². The predicted octanol–water partition coefficient (Wildman–Crippen LogP) is 2.80. The molecule has 0 radical (unpaired) electrons. The van der Waals surface area contributed by atoms with Gasteiger partial charge in [0.2, 0.25) is 0 Å². The van der Waals surface area contributed by atoms with E-state index in [0.29, 0.717) is 0 Å². The van der Waals surface area contributed by atoms with E-state index < -0.39 is 0 Å². The quantitative estimate of drug-likeness (QED) is 0.639. The van der Waals surface area contributed by atoms with Gasteiger partial charge in [-0.1, -0.05) is 6.07 Å². The van der Waals surface area contributed by atoms with Crippen LogP contribution in [-0.4, -0.2) is 7.11 Å². The molecule has 1 aromatic rings. The summed E-state index contributed by atoms with van der Waals surface area (Å²) in [6.07, 6.45) is 3.79. The van der Waals surface area contributed by atoms with Gasteiger partial charge in [0.15, 0.2) is 0 Å². The molecule has 0 aromatic heterocycles. The van der Waals surface area contributed by atoms with Gasteiger partial charge in [-0.15, -0.1) is 0 Å². The second-order valence-electron chi connectivity index (χ2n) is 3.84. The fourth-order valence-electron chi connectivity index (χ4n) is 2.43. The van der Waals surface area contributed by atoms with Crippen LogP contribution in [-0.2, 0) is 12.8 Å². The molecule has 0 amide bonds. The molecule has 0 heterocycles. The zero-order chi connectivity index (χ0) is 9.42. The molecule has 0 spiro atoms. The third-order valence-electron chi connectivity index (χ3n) is 3.01. The Bertz CT molecular complexity index is 336. The Hall–Kier alpha value is -0.980. The molecule has 0 aliphatic heterocycles. The second kappa shape index (κ2) is 3.06. The molecule has 0 N–H and O–H groups in total. The van der Waals surface area contributed by atoms with Crippen LogP contribution in [0.25, 0.3) is 0 Å². The molecule has 0 saturated carbocycles. The lowest BCUT2D eigenvalue weighted by atomic mass is 10.00. The summed E-state index contributed by atoms with van der Waals surface area (Å²) < 4.78 is 5.40. The average molecular weight is 176 g/mol. The van der Waals surface area contributed by atoms with E-state index in [1.807, 2.05) is 0 Å². The summed E-state index contributed by atoms with van der Waals surface area (Å²) in [5, 5.41) is 0. The molecule has 1 nitrogen and oxygen atoms in total. The van der Waals surface area contributed by atoms with Gasteiger partial charge in [-0.05, 0) is 55.4 Å². The van der Waals surface area contributed by atoms with Gasteiger partial charge >= 0.3 is 0 Å². The minimum atomic E-state index is 1.08. The van der Waals surface area contributed by atoms with Gasteiger partial charge in [-0.3, -0.25) is 0 Å². The standard InChI is InChI=1S/C12H16O/c1-8-7-10-5-4-6-11(10)9(2)12(8)13-3/h7H,4-6H2,1-3H3. The van der Waals surface area contributed by atoms with E-state index in [-0.39, 0.29) is 0 Å². The lowest BCUT2D eigenvalue weighted by Gasteiger charge is -2.12. The Morgan fingerprint density at radius 1 is 1.23 bits per heavy atom. The van der Waals surface area contributed by atoms with Crippen molar-refractivity contribution in [3.05, 3.63) is 28.3 Å². The van der Waals surface area contributed by atoms with Crippen molar-refractivity contribution in [2.45, 2.75) is 33.1 Å². The number of benzene rings is 1. The van der Waals surface area contributed by atoms with Crippen LogP contribution in [0.2, 0.25) is 0 Å². The summed E-state index contributed by atoms with van der Waals surface area (Å²) in [4.78, 5) is 0. The van der Waals surface area contributed by atoms with Crippen molar-refractivity contribution in [3.8, 4) is 5.75 Å². The van der Waals surface area contributed by atoms with E-state index in [1.165, 1.54) is 41.5 Å². The topological polar surface area (TPSA) is 9.23 Å². The summed E-state index contributed by atoms with van der Waals surface area (Å²) in [6.45, 7) is 4.31. The summed E-state index contributed by atoms with van der Waals surface area (Å²) in [5.74, 6) is 1.08.